The first-order chi connectivity index (χ1) is 9.56. The van der Waals surface area contributed by atoms with Crippen LogP contribution in [-0.2, 0) is 18.9 Å². The first kappa shape index (κ1) is 20.1. The summed E-state index contributed by atoms with van der Waals surface area (Å²) in [6.45, 7) is 6.55. The summed E-state index contributed by atoms with van der Waals surface area (Å²) in [5, 5.41) is 5.41. The third-order valence-corrected chi connectivity index (χ3v) is 6.24. The van der Waals surface area contributed by atoms with Crippen LogP contribution in [0.5, 0.6) is 0 Å². The van der Waals surface area contributed by atoms with Gasteiger partial charge in [0.25, 0.3) is 0 Å². The van der Waals surface area contributed by atoms with Crippen LogP contribution < -0.4 is 10.6 Å². The van der Waals surface area contributed by atoms with Crippen molar-refractivity contribution in [2.24, 2.45) is 11.8 Å². The summed E-state index contributed by atoms with van der Waals surface area (Å²) >= 11 is 0. The molecule has 0 bridgehead atoms. The van der Waals surface area contributed by atoms with E-state index in [1.165, 1.54) is 7.11 Å². The SMILES string of the molecule is CNC(C)P(=O)(O)CC(C)C(=O)NC(C)C(C)C(=O)OC. The summed E-state index contributed by atoms with van der Waals surface area (Å²) in [7, 11) is -0.565. The molecule has 1 amide bonds. The minimum Gasteiger partial charge on any atom is -0.469 e. The Balaban J connectivity index is 4.60. The molecule has 0 aliphatic heterocycles. The van der Waals surface area contributed by atoms with Crippen LogP contribution >= 0.6 is 7.37 Å². The Kier molecular flexibility index (Phi) is 8.14. The zero-order chi connectivity index (χ0) is 16.8. The zero-order valence-corrected chi connectivity index (χ0v) is 14.4. The van der Waals surface area contributed by atoms with Gasteiger partial charge < -0.3 is 20.3 Å². The van der Waals surface area contributed by atoms with Crippen molar-refractivity contribution in [3.63, 3.8) is 0 Å². The van der Waals surface area contributed by atoms with Crippen molar-refractivity contribution in [1.29, 1.82) is 0 Å². The van der Waals surface area contributed by atoms with Gasteiger partial charge in [-0.1, -0.05) is 6.92 Å². The molecule has 0 radical (unpaired) electrons. The predicted octanol–water partition coefficient (Wildman–Crippen LogP) is 0.772. The van der Waals surface area contributed by atoms with Crippen molar-refractivity contribution in [2.45, 2.75) is 39.5 Å². The van der Waals surface area contributed by atoms with Crippen molar-refractivity contribution in [3.8, 4) is 0 Å². The quantitative estimate of drug-likeness (QED) is 0.450. The fourth-order valence-corrected chi connectivity index (χ4v) is 3.39. The lowest BCUT2D eigenvalue weighted by molar-refractivity contribution is -0.145. The molecule has 124 valence electrons. The fourth-order valence-electron chi connectivity index (χ4n) is 1.72. The van der Waals surface area contributed by atoms with E-state index in [9.17, 15) is 19.0 Å². The number of hydrogen-bond acceptors (Lipinski definition) is 5. The van der Waals surface area contributed by atoms with Crippen LogP contribution in [0.3, 0.4) is 0 Å². The minimum absolute atomic E-state index is 0.111. The highest BCUT2D eigenvalue weighted by Gasteiger charge is 2.32. The number of rotatable bonds is 8. The highest BCUT2D eigenvalue weighted by atomic mass is 31.2. The van der Waals surface area contributed by atoms with Crippen LogP contribution in [0.15, 0.2) is 0 Å². The highest BCUT2D eigenvalue weighted by Crippen LogP contribution is 2.46. The molecule has 0 spiro atoms. The monoisotopic (exact) mass is 322 g/mol. The van der Waals surface area contributed by atoms with Gasteiger partial charge in [-0.05, 0) is 27.8 Å². The molecular weight excluding hydrogens is 295 g/mol. The van der Waals surface area contributed by atoms with E-state index >= 15 is 0 Å². The molecule has 0 heterocycles. The summed E-state index contributed by atoms with van der Waals surface area (Å²) in [4.78, 5) is 33.3. The number of amides is 1. The third kappa shape index (κ3) is 6.16. The first-order valence-electron chi connectivity index (χ1n) is 6.93. The highest BCUT2D eigenvalue weighted by molar-refractivity contribution is 7.58. The lowest BCUT2D eigenvalue weighted by atomic mass is 10.0. The van der Waals surface area contributed by atoms with Crippen LogP contribution in [0.4, 0.5) is 0 Å². The van der Waals surface area contributed by atoms with Gasteiger partial charge in [0.1, 0.15) is 0 Å². The Hall–Kier alpha value is -0.910. The van der Waals surface area contributed by atoms with E-state index in [1.54, 1.807) is 34.7 Å². The molecule has 0 aliphatic carbocycles. The van der Waals surface area contributed by atoms with E-state index in [4.69, 9.17) is 0 Å². The smallest absolute Gasteiger partial charge is 0.310 e. The maximum atomic E-state index is 12.1. The number of nitrogens with one attached hydrogen (secondary N) is 2. The van der Waals surface area contributed by atoms with Crippen molar-refractivity contribution in [2.75, 3.05) is 20.3 Å². The molecule has 7 nitrogen and oxygen atoms in total. The van der Waals surface area contributed by atoms with Crippen molar-refractivity contribution >= 4 is 19.2 Å². The normalized spacial score (nSPS) is 19.8. The van der Waals surface area contributed by atoms with Gasteiger partial charge in [-0.3, -0.25) is 14.2 Å². The Bertz CT molecular complexity index is 415. The van der Waals surface area contributed by atoms with Crippen molar-refractivity contribution in [3.05, 3.63) is 0 Å². The molecule has 0 aliphatic rings. The minimum atomic E-state index is -3.45. The molecule has 0 aromatic heterocycles. The van der Waals surface area contributed by atoms with Gasteiger partial charge in [0.15, 0.2) is 0 Å². The van der Waals surface area contributed by atoms with Gasteiger partial charge in [-0.2, -0.15) is 0 Å². The van der Waals surface area contributed by atoms with Gasteiger partial charge in [-0.25, -0.2) is 0 Å². The average Bonchev–Trinajstić information content (AvgIpc) is 2.43. The maximum Gasteiger partial charge on any atom is 0.310 e. The van der Waals surface area contributed by atoms with Crippen LogP contribution in [0.25, 0.3) is 0 Å². The lowest BCUT2D eigenvalue weighted by Gasteiger charge is -2.24. The van der Waals surface area contributed by atoms with Gasteiger partial charge in [-0.15, -0.1) is 0 Å². The number of hydrogen-bond donors (Lipinski definition) is 3. The Labute approximate surface area is 126 Å². The number of methoxy groups -OCH3 is 1. The molecule has 8 heteroatoms. The summed E-state index contributed by atoms with van der Waals surface area (Å²) in [5.74, 6) is -2.44. The Morgan fingerprint density at radius 1 is 1.24 bits per heavy atom. The second kappa shape index (κ2) is 8.51. The molecule has 5 atom stereocenters. The van der Waals surface area contributed by atoms with E-state index in [1.807, 2.05) is 0 Å². The molecule has 0 fully saturated rings. The average molecular weight is 322 g/mol. The summed E-state index contributed by atoms with van der Waals surface area (Å²) in [6, 6.07) is -0.410. The number of carbonyl (C=O) groups is 2. The number of carbonyl (C=O) groups excluding carboxylic acids is 2. The zero-order valence-electron chi connectivity index (χ0n) is 13.5. The molecule has 5 unspecified atom stereocenters. The van der Waals surface area contributed by atoms with E-state index in [-0.39, 0.29) is 12.1 Å². The standard InChI is InChI=1S/C13H27N2O5P/c1-8(7-21(18,19)11(4)14-5)12(16)15-10(3)9(2)13(17)20-6/h8-11,14H,7H2,1-6H3,(H,15,16)(H,18,19). The van der Waals surface area contributed by atoms with E-state index in [2.05, 4.69) is 15.4 Å². The molecule has 0 saturated heterocycles. The molecule has 0 rings (SSSR count). The molecule has 0 saturated carbocycles. The van der Waals surface area contributed by atoms with Gasteiger partial charge in [0, 0.05) is 18.1 Å². The summed E-state index contributed by atoms with van der Waals surface area (Å²) in [6.07, 6.45) is -0.111. The molecule has 21 heavy (non-hydrogen) atoms. The van der Waals surface area contributed by atoms with Crippen molar-refractivity contribution in [1.82, 2.24) is 10.6 Å². The molecule has 0 aromatic carbocycles. The largest absolute Gasteiger partial charge is 0.469 e. The van der Waals surface area contributed by atoms with E-state index in [0.717, 1.165) is 0 Å². The number of esters is 1. The van der Waals surface area contributed by atoms with E-state index in [0.29, 0.717) is 0 Å². The maximum absolute atomic E-state index is 12.1. The lowest BCUT2D eigenvalue weighted by Crippen LogP contribution is -2.43. The Morgan fingerprint density at radius 2 is 1.76 bits per heavy atom. The molecule has 3 N–H and O–H groups in total. The third-order valence-electron chi connectivity index (χ3n) is 3.70. The summed E-state index contributed by atoms with van der Waals surface area (Å²) < 4.78 is 16.7. The Morgan fingerprint density at radius 3 is 2.19 bits per heavy atom. The van der Waals surface area contributed by atoms with E-state index < -0.39 is 37.0 Å². The first-order valence-corrected chi connectivity index (χ1v) is 8.85. The summed E-state index contributed by atoms with van der Waals surface area (Å²) in [5.41, 5.74) is 0. The van der Waals surface area contributed by atoms with Crippen LogP contribution in [0.1, 0.15) is 27.7 Å². The van der Waals surface area contributed by atoms with Gasteiger partial charge in [0.05, 0.1) is 18.8 Å². The second-order valence-electron chi connectivity index (χ2n) is 5.41. The molecule has 0 aromatic rings. The second-order valence-corrected chi connectivity index (χ2v) is 8.06. The van der Waals surface area contributed by atoms with Crippen molar-refractivity contribution < 1.29 is 23.8 Å². The fraction of sp³-hybridized carbons (Fsp3) is 0.846. The predicted molar refractivity (Wildman–Crippen MR) is 81.2 cm³/mol. The van der Waals surface area contributed by atoms with Crippen LogP contribution in [0, 0.1) is 11.8 Å². The van der Waals surface area contributed by atoms with Crippen LogP contribution in [-0.4, -0.2) is 48.9 Å². The molecular formula is C13H27N2O5P. The van der Waals surface area contributed by atoms with Crippen LogP contribution in [0.2, 0.25) is 0 Å². The number of ether oxygens (including phenoxy) is 1. The van der Waals surface area contributed by atoms with Gasteiger partial charge >= 0.3 is 5.97 Å². The topological polar surface area (TPSA) is 105 Å². The van der Waals surface area contributed by atoms with Gasteiger partial charge in [0.2, 0.25) is 13.3 Å².